The molecule has 4 atom stereocenters. The van der Waals surface area contributed by atoms with E-state index in [9.17, 15) is 9.59 Å². The number of hydrogen-bond acceptors (Lipinski definition) is 2. The molecular weight excluding hydrogens is 240 g/mol. The van der Waals surface area contributed by atoms with Gasteiger partial charge in [0.25, 0.3) is 0 Å². The molecule has 0 aromatic rings. The van der Waals surface area contributed by atoms with E-state index in [1.807, 2.05) is 4.90 Å². The van der Waals surface area contributed by atoms with Crippen molar-refractivity contribution in [3.8, 4) is 0 Å². The normalized spacial score (nSPS) is 38.5. The molecule has 3 fully saturated rings. The Kier molecular flexibility index (Phi) is 3.50. The number of fused-ring (bicyclic) bond motifs is 2. The highest BCUT2D eigenvalue weighted by atomic mass is 16.2. The molecule has 19 heavy (non-hydrogen) atoms. The van der Waals surface area contributed by atoms with Gasteiger partial charge >= 0.3 is 0 Å². The third-order valence-corrected chi connectivity index (χ3v) is 5.17. The standard InChI is InChI=1S/C15H24N2O2/c1-2-3-12-15(19)17(7-6-14(18)16-12)13-9-10-4-5-11(13)8-10/h10-13H,2-9H2,1H3,(H,16,18). The minimum atomic E-state index is -0.279. The molecule has 2 aliphatic carbocycles. The van der Waals surface area contributed by atoms with Crippen LogP contribution in [0.25, 0.3) is 0 Å². The van der Waals surface area contributed by atoms with E-state index in [1.54, 1.807) is 0 Å². The Labute approximate surface area is 114 Å². The molecular formula is C15H24N2O2. The zero-order chi connectivity index (χ0) is 13.4. The number of rotatable bonds is 3. The second-order valence-corrected chi connectivity index (χ2v) is 6.43. The summed E-state index contributed by atoms with van der Waals surface area (Å²) < 4.78 is 0. The van der Waals surface area contributed by atoms with Gasteiger partial charge in [-0.25, -0.2) is 0 Å². The van der Waals surface area contributed by atoms with Crippen molar-refractivity contribution >= 4 is 11.8 Å². The first-order valence-corrected chi connectivity index (χ1v) is 7.79. The van der Waals surface area contributed by atoms with Gasteiger partial charge in [-0.1, -0.05) is 19.8 Å². The lowest BCUT2D eigenvalue weighted by molar-refractivity contribution is -0.136. The highest BCUT2D eigenvalue weighted by Gasteiger charge is 2.45. The maximum atomic E-state index is 12.7. The first-order valence-electron chi connectivity index (χ1n) is 7.79. The summed E-state index contributed by atoms with van der Waals surface area (Å²) in [7, 11) is 0. The predicted molar refractivity (Wildman–Crippen MR) is 72.4 cm³/mol. The highest BCUT2D eigenvalue weighted by molar-refractivity contribution is 5.90. The van der Waals surface area contributed by atoms with Crippen LogP contribution in [-0.4, -0.2) is 35.3 Å². The van der Waals surface area contributed by atoms with Crippen LogP contribution in [0, 0.1) is 11.8 Å². The summed E-state index contributed by atoms with van der Waals surface area (Å²) in [5, 5.41) is 2.90. The van der Waals surface area contributed by atoms with Crippen molar-refractivity contribution in [3.63, 3.8) is 0 Å². The van der Waals surface area contributed by atoms with Crippen molar-refractivity contribution in [1.29, 1.82) is 0 Å². The van der Waals surface area contributed by atoms with Gasteiger partial charge in [-0.15, -0.1) is 0 Å². The summed E-state index contributed by atoms with van der Waals surface area (Å²) in [5.74, 6) is 1.74. The van der Waals surface area contributed by atoms with Crippen LogP contribution < -0.4 is 5.32 Å². The molecule has 4 unspecified atom stereocenters. The fourth-order valence-corrected chi connectivity index (χ4v) is 4.27. The zero-order valence-corrected chi connectivity index (χ0v) is 11.7. The van der Waals surface area contributed by atoms with Gasteiger partial charge in [-0.05, 0) is 37.5 Å². The Morgan fingerprint density at radius 1 is 1.26 bits per heavy atom. The van der Waals surface area contributed by atoms with Gasteiger partial charge in [0.2, 0.25) is 11.8 Å². The van der Waals surface area contributed by atoms with Crippen LogP contribution in [0.1, 0.15) is 51.9 Å². The van der Waals surface area contributed by atoms with Crippen LogP contribution in [-0.2, 0) is 9.59 Å². The van der Waals surface area contributed by atoms with Crippen LogP contribution >= 0.6 is 0 Å². The number of hydrogen-bond donors (Lipinski definition) is 1. The lowest BCUT2D eigenvalue weighted by Crippen LogP contribution is -2.49. The van der Waals surface area contributed by atoms with Crippen LogP contribution in [0.2, 0.25) is 0 Å². The molecule has 1 N–H and O–H groups in total. The molecule has 4 nitrogen and oxygen atoms in total. The molecule has 0 radical (unpaired) electrons. The lowest BCUT2D eigenvalue weighted by atomic mass is 9.93. The van der Waals surface area contributed by atoms with Crippen molar-refractivity contribution in [2.45, 2.75) is 64.0 Å². The molecule has 2 amide bonds. The molecule has 0 aromatic heterocycles. The summed E-state index contributed by atoms with van der Waals surface area (Å²) in [4.78, 5) is 26.4. The van der Waals surface area contributed by atoms with E-state index in [-0.39, 0.29) is 17.9 Å². The van der Waals surface area contributed by atoms with Gasteiger partial charge in [0, 0.05) is 19.0 Å². The Balaban J connectivity index is 1.75. The second kappa shape index (κ2) is 5.14. The molecule has 3 aliphatic rings. The molecule has 3 rings (SSSR count). The minimum Gasteiger partial charge on any atom is -0.344 e. The van der Waals surface area contributed by atoms with Gasteiger partial charge in [-0.3, -0.25) is 9.59 Å². The molecule has 1 aliphatic heterocycles. The number of carbonyl (C=O) groups is 2. The molecule has 4 heteroatoms. The van der Waals surface area contributed by atoms with Crippen molar-refractivity contribution in [2.75, 3.05) is 6.54 Å². The Morgan fingerprint density at radius 2 is 2.11 bits per heavy atom. The van der Waals surface area contributed by atoms with Crippen LogP contribution in [0.4, 0.5) is 0 Å². The third-order valence-electron chi connectivity index (χ3n) is 5.17. The monoisotopic (exact) mass is 264 g/mol. The summed E-state index contributed by atoms with van der Waals surface area (Å²) in [6.07, 6.45) is 7.26. The predicted octanol–water partition coefficient (Wildman–Crippen LogP) is 1.69. The fraction of sp³-hybridized carbons (Fsp3) is 0.867. The summed E-state index contributed by atoms with van der Waals surface area (Å²) in [5.41, 5.74) is 0. The van der Waals surface area contributed by atoms with Gasteiger partial charge in [-0.2, -0.15) is 0 Å². The maximum Gasteiger partial charge on any atom is 0.245 e. The Bertz CT molecular complexity index is 382. The van der Waals surface area contributed by atoms with E-state index in [0.717, 1.165) is 18.8 Å². The van der Waals surface area contributed by atoms with Crippen LogP contribution in [0.3, 0.4) is 0 Å². The molecule has 2 saturated carbocycles. The maximum absolute atomic E-state index is 12.7. The van der Waals surface area contributed by atoms with Crippen molar-refractivity contribution in [1.82, 2.24) is 10.2 Å². The zero-order valence-electron chi connectivity index (χ0n) is 11.7. The molecule has 0 aromatic carbocycles. The molecule has 1 saturated heterocycles. The molecule has 106 valence electrons. The first-order chi connectivity index (χ1) is 9.19. The number of nitrogens with zero attached hydrogens (tertiary/aromatic N) is 1. The van der Waals surface area contributed by atoms with Gasteiger partial charge in [0.15, 0.2) is 0 Å². The Hall–Kier alpha value is -1.06. The van der Waals surface area contributed by atoms with E-state index < -0.39 is 0 Å². The molecule has 1 heterocycles. The van der Waals surface area contributed by atoms with Gasteiger partial charge in [0.05, 0.1) is 0 Å². The fourth-order valence-electron chi connectivity index (χ4n) is 4.27. The van der Waals surface area contributed by atoms with Crippen molar-refractivity contribution in [2.24, 2.45) is 11.8 Å². The van der Waals surface area contributed by atoms with E-state index in [1.165, 1.54) is 25.7 Å². The highest BCUT2D eigenvalue weighted by Crippen LogP contribution is 2.46. The average Bonchev–Trinajstić information content (AvgIpc) is 2.97. The molecule has 0 spiro atoms. The smallest absolute Gasteiger partial charge is 0.245 e. The summed E-state index contributed by atoms with van der Waals surface area (Å²) >= 11 is 0. The SMILES string of the molecule is CCCC1NC(=O)CCN(C2CC3CCC2C3)C1=O. The van der Waals surface area contributed by atoms with Gasteiger partial charge in [0.1, 0.15) is 6.04 Å². The second-order valence-electron chi connectivity index (χ2n) is 6.43. The topological polar surface area (TPSA) is 49.4 Å². The van der Waals surface area contributed by atoms with Crippen molar-refractivity contribution < 1.29 is 9.59 Å². The summed E-state index contributed by atoms with van der Waals surface area (Å²) in [6.45, 7) is 2.69. The van der Waals surface area contributed by atoms with E-state index in [4.69, 9.17) is 0 Å². The van der Waals surface area contributed by atoms with Crippen LogP contribution in [0.5, 0.6) is 0 Å². The average molecular weight is 264 g/mol. The quantitative estimate of drug-likeness (QED) is 0.843. The van der Waals surface area contributed by atoms with Crippen LogP contribution in [0.15, 0.2) is 0 Å². The van der Waals surface area contributed by atoms with Gasteiger partial charge < -0.3 is 10.2 Å². The first kappa shape index (κ1) is 12.9. The number of amides is 2. The summed E-state index contributed by atoms with van der Waals surface area (Å²) in [6, 6.07) is 0.137. The minimum absolute atomic E-state index is 0.0393. The van der Waals surface area contributed by atoms with E-state index in [0.29, 0.717) is 24.9 Å². The van der Waals surface area contributed by atoms with E-state index in [2.05, 4.69) is 12.2 Å². The Morgan fingerprint density at radius 3 is 2.74 bits per heavy atom. The number of carbonyl (C=O) groups excluding carboxylic acids is 2. The lowest BCUT2D eigenvalue weighted by Gasteiger charge is -2.35. The largest absolute Gasteiger partial charge is 0.344 e. The molecule has 2 bridgehead atoms. The van der Waals surface area contributed by atoms with Crippen molar-refractivity contribution in [3.05, 3.63) is 0 Å². The van der Waals surface area contributed by atoms with E-state index >= 15 is 0 Å². The number of nitrogens with one attached hydrogen (secondary N) is 1. The third kappa shape index (κ3) is 2.37.